The minimum Gasteiger partial charge on any atom is -0.493 e. The molecule has 2 rings (SSSR count). The smallest absolute Gasteiger partial charge is 0.220 e. The molecule has 0 radical (unpaired) electrons. The van der Waals surface area contributed by atoms with Gasteiger partial charge in [-0.1, -0.05) is 6.92 Å². The molecule has 2 N–H and O–H groups in total. The Morgan fingerprint density at radius 1 is 1.33 bits per heavy atom. The normalized spacial score (nSPS) is 11.5. The third-order valence-corrected chi connectivity index (χ3v) is 4.91. The number of anilines is 1. The maximum absolute atomic E-state index is 12.7. The lowest BCUT2D eigenvalue weighted by molar-refractivity contribution is 0.103. The molecule has 0 aliphatic carbocycles. The predicted molar refractivity (Wildman–Crippen MR) is 91.4 cm³/mol. The van der Waals surface area contributed by atoms with Crippen molar-refractivity contribution in [2.45, 2.75) is 25.2 Å². The average Bonchev–Trinajstić information content (AvgIpc) is 2.84. The summed E-state index contributed by atoms with van der Waals surface area (Å²) in [5.74, 6) is -0.632. The maximum atomic E-state index is 12.7. The van der Waals surface area contributed by atoms with E-state index in [1.54, 1.807) is 6.92 Å². The first-order valence-corrected chi connectivity index (χ1v) is 9.40. The molecule has 0 unspecified atom stereocenters. The molecule has 1 aromatic heterocycles. The van der Waals surface area contributed by atoms with Crippen LogP contribution in [0.5, 0.6) is 5.88 Å². The molecule has 0 aliphatic rings. The topological polar surface area (TPSA) is 101 Å². The third kappa shape index (κ3) is 3.28. The summed E-state index contributed by atoms with van der Waals surface area (Å²) in [5, 5.41) is 16.9. The summed E-state index contributed by atoms with van der Waals surface area (Å²) in [6, 6.07) is 2.89. The number of nitrogens with one attached hydrogen (secondary N) is 1. The Kier molecular flexibility index (Phi) is 4.98. The minimum absolute atomic E-state index is 0.0779. The molecule has 0 spiro atoms. The Balaban J connectivity index is 2.60. The van der Waals surface area contributed by atoms with Crippen molar-refractivity contribution >= 4 is 21.3 Å². The molecule has 0 aliphatic heterocycles. The molecule has 0 fully saturated rings. The fraction of sp³-hybridized carbons (Fsp3) is 0.375. The summed E-state index contributed by atoms with van der Waals surface area (Å²) in [6.45, 7) is 4.23. The first-order chi connectivity index (χ1) is 11.2. The second kappa shape index (κ2) is 6.64. The molecule has 7 nitrogen and oxygen atoms in total. The second-order valence-corrected chi connectivity index (χ2v) is 7.63. The van der Waals surface area contributed by atoms with Crippen LogP contribution in [-0.4, -0.2) is 41.9 Å². The Bertz CT molecular complexity index is 885. The van der Waals surface area contributed by atoms with Gasteiger partial charge in [0.2, 0.25) is 5.88 Å². The first kappa shape index (κ1) is 18.0. The van der Waals surface area contributed by atoms with E-state index in [0.29, 0.717) is 23.4 Å². The van der Waals surface area contributed by atoms with Crippen LogP contribution in [0.4, 0.5) is 5.69 Å². The van der Waals surface area contributed by atoms with E-state index in [4.69, 9.17) is 0 Å². The highest BCUT2D eigenvalue weighted by molar-refractivity contribution is 7.90. The number of ketones is 1. The predicted octanol–water partition coefficient (Wildman–Crippen LogP) is 1.89. The molecule has 1 heterocycles. The van der Waals surface area contributed by atoms with E-state index in [0.717, 1.165) is 12.7 Å². The van der Waals surface area contributed by atoms with E-state index in [2.05, 4.69) is 10.4 Å². The molecule has 0 amide bonds. The molecule has 2 aromatic rings. The average molecular weight is 351 g/mol. The highest BCUT2D eigenvalue weighted by Gasteiger charge is 2.23. The van der Waals surface area contributed by atoms with Gasteiger partial charge >= 0.3 is 0 Å². The molecule has 130 valence electrons. The molecule has 0 atom stereocenters. The molecular formula is C16H21N3O4S. The standard InChI is InChI=1S/C16H21N3O4S/c1-5-8-17-14-10(2)11(6-7-13(14)24(4,22)23)15(20)12-9-18-19(3)16(12)21/h6-7,9,17,21H,5,8H2,1-4H3. The Morgan fingerprint density at radius 3 is 2.50 bits per heavy atom. The van der Waals surface area contributed by atoms with Gasteiger partial charge in [-0.3, -0.25) is 4.79 Å². The molecule has 0 saturated heterocycles. The summed E-state index contributed by atoms with van der Waals surface area (Å²) in [6.07, 6.45) is 3.23. The van der Waals surface area contributed by atoms with Crippen molar-refractivity contribution in [1.82, 2.24) is 9.78 Å². The van der Waals surface area contributed by atoms with Gasteiger partial charge in [-0.25, -0.2) is 13.1 Å². The highest BCUT2D eigenvalue weighted by Crippen LogP contribution is 2.30. The molecule has 1 aromatic carbocycles. The molecule has 0 bridgehead atoms. The SMILES string of the molecule is CCCNc1c(S(C)(=O)=O)ccc(C(=O)c2cnn(C)c2O)c1C. The summed E-state index contributed by atoms with van der Waals surface area (Å²) >= 11 is 0. The molecule has 0 saturated carbocycles. The Morgan fingerprint density at radius 2 is 2.00 bits per heavy atom. The van der Waals surface area contributed by atoms with Crippen molar-refractivity contribution in [3.63, 3.8) is 0 Å². The minimum atomic E-state index is -3.44. The van der Waals surface area contributed by atoms with Gasteiger partial charge in [-0.05, 0) is 31.0 Å². The first-order valence-electron chi connectivity index (χ1n) is 7.51. The summed E-state index contributed by atoms with van der Waals surface area (Å²) in [4.78, 5) is 12.9. The zero-order valence-electron chi connectivity index (χ0n) is 14.1. The molecule has 24 heavy (non-hydrogen) atoms. The van der Waals surface area contributed by atoms with Crippen LogP contribution in [-0.2, 0) is 16.9 Å². The number of carbonyl (C=O) groups excluding carboxylic acids is 1. The summed E-state index contributed by atoms with van der Waals surface area (Å²) < 4.78 is 25.2. The maximum Gasteiger partial charge on any atom is 0.220 e. The molecular weight excluding hydrogens is 330 g/mol. The fourth-order valence-electron chi connectivity index (χ4n) is 2.45. The van der Waals surface area contributed by atoms with Crippen molar-refractivity contribution in [1.29, 1.82) is 0 Å². The van der Waals surface area contributed by atoms with E-state index in [1.165, 1.54) is 30.1 Å². The van der Waals surface area contributed by atoms with Crippen LogP contribution in [0.25, 0.3) is 0 Å². The van der Waals surface area contributed by atoms with Crippen molar-refractivity contribution in [2.75, 3.05) is 18.1 Å². The van der Waals surface area contributed by atoms with Gasteiger partial charge in [0.05, 0.1) is 16.8 Å². The van der Waals surface area contributed by atoms with E-state index >= 15 is 0 Å². The van der Waals surface area contributed by atoms with Crippen molar-refractivity contribution < 1.29 is 18.3 Å². The number of sulfone groups is 1. The van der Waals surface area contributed by atoms with Crippen LogP contribution in [0.15, 0.2) is 23.2 Å². The Hall–Kier alpha value is -2.35. The fourth-order valence-corrected chi connectivity index (χ4v) is 3.36. The number of aryl methyl sites for hydroxylation is 1. The van der Waals surface area contributed by atoms with Gasteiger partial charge in [0.1, 0.15) is 5.56 Å². The van der Waals surface area contributed by atoms with Crippen LogP contribution in [0.2, 0.25) is 0 Å². The number of nitrogens with zero attached hydrogens (tertiary/aromatic N) is 2. The lowest BCUT2D eigenvalue weighted by Crippen LogP contribution is -2.12. The number of hydrogen-bond acceptors (Lipinski definition) is 6. The van der Waals surface area contributed by atoms with Crippen LogP contribution in [0.3, 0.4) is 0 Å². The van der Waals surface area contributed by atoms with E-state index in [1.807, 2.05) is 6.92 Å². The van der Waals surface area contributed by atoms with Gasteiger partial charge in [-0.15, -0.1) is 0 Å². The van der Waals surface area contributed by atoms with E-state index in [9.17, 15) is 18.3 Å². The largest absolute Gasteiger partial charge is 0.493 e. The number of carbonyl (C=O) groups is 1. The summed E-state index contributed by atoms with van der Waals surface area (Å²) in [7, 11) is -1.91. The lowest BCUT2D eigenvalue weighted by Gasteiger charge is -2.16. The van der Waals surface area contributed by atoms with Crippen LogP contribution in [0.1, 0.15) is 34.8 Å². The zero-order valence-corrected chi connectivity index (χ0v) is 14.9. The number of aromatic hydroxyl groups is 1. The number of hydrogen-bond donors (Lipinski definition) is 2. The van der Waals surface area contributed by atoms with Gasteiger partial charge in [0.25, 0.3) is 0 Å². The number of rotatable bonds is 6. The van der Waals surface area contributed by atoms with Crippen LogP contribution >= 0.6 is 0 Å². The van der Waals surface area contributed by atoms with Crippen molar-refractivity contribution in [2.24, 2.45) is 7.05 Å². The van der Waals surface area contributed by atoms with Crippen LogP contribution in [0, 0.1) is 6.92 Å². The van der Waals surface area contributed by atoms with Gasteiger partial charge < -0.3 is 10.4 Å². The third-order valence-electron chi connectivity index (χ3n) is 3.77. The van der Waals surface area contributed by atoms with E-state index < -0.39 is 15.6 Å². The zero-order chi connectivity index (χ0) is 18.1. The van der Waals surface area contributed by atoms with Gasteiger partial charge in [0, 0.05) is 25.4 Å². The van der Waals surface area contributed by atoms with Crippen molar-refractivity contribution in [3.8, 4) is 5.88 Å². The second-order valence-electron chi connectivity index (χ2n) is 5.64. The van der Waals surface area contributed by atoms with Gasteiger partial charge in [0.15, 0.2) is 15.6 Å². The Labute approximate surface area is 141 Å². The van der Waals surface area contributed by atoms with Crippen molar-refractivity contribution in [3.05, 3.63) is 35.0 Å². The highest BCUT2D eigenvalue weighted by atomic mass is 32.2. The lowest BCUT2D eigenvalue weighted by atomic mass is 9.99. The summed E-state index contributed by atoms with van der Waals surface area (Å²) in [5.41, 5.74) is 1.35. The van der Waals surface area contributed by atoms with Gasteiger partial charge in [-0.2, -0.15) is 5.10 Å². The van der Waals surface area contributed by atoms with Crippen LogP contribution < -0.4 is 5.32 Å². The van der Waals surface area contributed by atoms with E-state index in [-0.39, 0.29) is 16.3 Å². The number of aromatic nitrogens is 2. The molecule has 8 heteroatoms. The quantitative estimate of drug-likeness (QED) is 0.771. The monoisotopic (exact) mass is 351 g/mol. The number of benzene rings is 1.